The Morgan fingerprint density at radius 1 is 1.40 bits per heavy atom. The molecule has 0 bridgehead atoms. The number of methoxy groups -OCH3 is 1. The minimum atomic E-state index is -0.915. The summed E-state index contributed by atoms with van der Waals surface area (Å²) in [7, 11) is 1.60. The number of aliphatic hydroxyl groups is 1. The van der Waals surface area contributed by atoms with Crippen LogP contribution in [0.2, 0.25) is 0 Å². The molecule has 2 rings (SSSR count). The summed E-state index contributed by atoms with van der Waals surface area (Å²) in [5.41, 5.74) is 0.958. The number of piperazine rings is 1. The molecule has 1 amide bonds. The third-order valence-electron chi connectivity index (χ3n) is 3.42. The Hall–Kier alpha value is -1.66. The van der Waals surface area contributed by atoms with Crippen molar-refractivity contribution in [1.29, 1.82) is 0 Å². The van der Waals surface area contributed by atoms with Gasteiger partial charge in [-0.25, -0.2) is 4.98 Å². The highest BCUT2D eigenvalue weighted by Crippen LogP contribution is 2.11. The maximum absolute atomic E-state index is 11.7. The summed E-state index contributed by atoms with van der Waals surface area (Å²) in [5, 5.41) is 9.30. The molecule has 0 saturated carbocycles. The topological polar surface area (TPSA) is 65.9 Å². The fourth-order valence-electron chi connectivity index (χ4n) is 2.28. The number of hydrogen-bond donors (Lipinski definition) is 1. The van der Waals surface area contributed by atoms with Crippen molar-refractivity contribution in [2.75, 3.05) is 33.3 Å². The maximum Gasteiger partial charge on any atom is 0.251 e. The number of carbonyl (C=O) groups excluding carboxylic acids is 1. The van der Waals surface area contributed by atoms with Crippen LogP contribution in [0.1, 0.15) is 12.6 Å². The fourth-order valence-corrected chi connectivity index (χ4v) is 2.28. The van der Waals surface area contributed by atoms with Crippen LogP contribution in [0.15, 0.2) is 18.2 Å². The molecule has 20 heavy (non-hydrogen) atoms. The molecule has 1 saturated heterocycles. The summed E-state index contributed by atoms with van der Waals surface area (Å²) < 4.78 is 5.11. The molecular formula is C14H21N3O3. The number of rotatable bonds is 4. The van der Waals surface area contributed by atoms with Gasteiger partial charge in [-0.1, -0.05) is 6.07 Å². The third kappa shape index (κ3) is 3.68. The number of aliphatic hydroxyl groups excluding tert-OH is 1. The van der Waals surface area contributed by atoms with Gasteiger partial charge >= 0.3 is 0 Å². The van der Waals surface area contributed by atoms with E-state index >= 15 is 0 Å². The van der Waals surface area contributed by atoms with Crippen LogP contribution in [0.5, 0.6) is 5.88 Å². The zero-order chi connectivity index (χ0) is 14.5. The molecule has 0 aliphatic carbocycles. The van der Waals surface area contributed by atoms with Crippen molar-refractivity contribution in [2.45, 2.75) is 19.6 Å². The molecule has 1 aromatic rings. The molecule has 1 fully saturated rings. The van der Waals surface area contributed by atoms with Gasteiger partial charge in [0, 0.05) is 38.8 Å². The molecule has 1 aromatic heterocycles. The second-order valence-electron chi connectivity index (χ2n) is 4.95. The molecule has 0 aromatic carbocycles. The lowest BCUT2D eigenvalue weighted by Crippen LogP contribution is -2.50. The van der Waals surface area contributed by atoms with Crippen molar-refractivity contribution in [3.05, 3.63) is 23.9 Å². The van der Waals surface area contributed by atoms with Gasteiger partial charge in [0.05, 0.1) is 12.8 Å². The Morgan fingerprint density at radius 2 is 2.10 bits per heavy atom. The molecule has 0 radical (unpaired) electrons. The molecular weight excluding hydrogens is 258 g/mol. The van der Waals surface area contributed by atoms with Gasteiger partial charge in [-0.15, -0.1) is 0 Å². The van der Waals surface area contributed by atoms with Crippen LogP contribution >= 0.6 is 0 Å². The van der Waals surface area contributed by atoms with Crippen LogP contribution in [-0.4, -0.2) is 65.2 Å². The summed E-state index contributed by atoms with van der Waals surface area (Å²) >= 11 is 0. The average Bonchev–Trinajstić information content (AvgIpc) is 2.47. The summed E-state index contributed by atoms with van der Waals surface area (Å²) in [6.07, 6.45) is -0.915. The summed E-state index contributed by atoms with van der Waals surface area (Å²) in [5.74, 6) is 0.426. The van der Waals surface area contributed by atoms with E-state index in [2.05, 4.69) is 9.88 Å². The van der Waals surface area contributed by atoms with E-state index in [9.17, 15) is 9.90 Å². The number of carbonyl (C=O) groups is 1. The first-order valence-electron chi connectivity index (χ1n) is 6.79. The Balaban J connectivity index is 1.86. The van der Waals surface area contributed by atoms with Gasteiger partial charge in [0.25, 0.3) is 5.91 Å². The zero-order valence-electron chi connectivity index (χ0n) is 12.0. The molecule has 110 valence electrons. The molecule has 6 heteroatoms. The number of pyridine rings is 1. The third-order valence-corrected chi connectivity index (χ3v) is 3.42. The number of ether oxygens (including phenoxy) is 1. The van der Waals surface area contributed by atoms with Gasteiger partial charge in [0.1, 0.15) is 6.10 Å². The molecule has 1 aliphatic heterocycles. The monoisotopic (exact) mass is 279 g/mol. The maximum atomic E-state index is 11.7. The normalized spacial score (nSPS) is 17.9. The number of aromatic nitrogens is 1. The second kappa shape index (κ2) is 6.67. The van der Waals surface area contributed by atoms with E-state index in [0.29, 0.717) is 19.0 Å². The predicted molar refractivity (Wildman–Crippen MR) is 74.3 cm³/mol. The Bertz CT molecular complexity index is 457. The first-order valence-corrected chi connectivity index (χ1v) is 6.79. The molecule has 6 nitrogen and oxygen atoms in total. The van der Waals surface area contributed by atoms with Crippen molar-refractivity contribution in [3.8, 4) is 5.88 Å². The largest absolute Gasteiger partial charge is 0.481 e. The predicted octanol–water partition coefficient (Wildman–Crippen LogP) is 0.115. The standard InChI is InChI=1S/C14H21N3O3/c1-11(18)14(19)17-8-6-16(7-9-17)10-12-4-3-5-13(15-12)20-2/h3-5,11,18H,6-10H2,1-2H3. The van der Waals surface area contributed by atoms with Crippen molar-refractivity contribution in [3.63, 3.8) is 0 Å². The Kier molecular flexibility index (Phi) is 4.92. The smallest absolute Gasteiger partial charge is 0.251 e. The van der Waals surface area contributed by atoms with Crippen molar-refractivity contribution >= 4 is 5.91 Å². The minimum absolute atomic E-state index is 0.191. The minimum Gasteiger partial charge on any atom is -0.481 e. The quantitative estimate of drug-likeness (QED) is 0.848. The first-order chi connectivity index (χ1) is 9.60. The van der Waals surface area contributed by atoms with Crippen LogP contribution in [-0.2, 0) is 11.3 Å². The fraction of sp³-hybridized carbons (Fsp3) is 0.571. The lowest BCUT2D eigenvalue weighted by Gasteiger charge is -2.35. The number of amides is 1. The highest BCUT2D eigenvalue weighted by Gasteiger charge is 2.23. The molecule has 1 atom stereocenters. The van der Waals surface area contributed by atoms with E-state index in [1.165, 1.54) is 6.92 Å². The molecule has 1 N–H and O–H groups in total. The molecule has 0 spiro atoms. The van der Waals surface area contributed by atoms with Crippen LogP contribution < -0.4 is 4.74 Å². The molecule has 2 heterocycles. The van der Waals surface area contributed by atoms with Crippen molar-refractivity contribution in [1.82, 2.24) is 14.8 Å². The van der Waals surface area contributed by atoms with Gasteiger partial charge in [0.2, 0.25) is 5.88 Å². The average molecular weight is 279 g/mol. The van der Waals surface area contributed by atoms with Crippen LogP contribution in [0.3, 0.4) is 0 Å². The van der Waals surface area contributed by atoms with Gasteiger partial charge < -0.3 is 14.7 Å². The van der Waals surface area contributed by atoms with Gasteiger partial charge in [-0.3, -0.25) is 9.69 Å². The van der Waals surface area contributed by atoms with Gasteiger partial charge in [0.15, 0.2) is 0 Å². The van der Waals surface area contributed by atoms with Gasteiger partial charge in [-0.2, -0.15) is 0 Å². The van der Waals surface area contributed by atoms with E-state index in [4.69, 9.17) is 4.74 Å². The Morgan fingerprint density at radius 3 is 2.70 bits per heavy atom. The summed E-state index contributed by atoms with van der Waals surface area (Å²) in [4.78, 5) is 20.0. The Labute approximate surface area is 119 Å². The van der Waals surface area contributed by atoms with Crippen LogP contribution in [0.4, 0.5) is 0 Å². The van der Waals surface area contributed by atoms with Crippen molar-refractivity contribution in [2.24, 2.45) is 0 Å². The van der Waals surface area contributed by atoms with Crippen LogP contribution in [0.25, 0.3) is 0 Å². The highest BCUT2D eigenvalue weighted by atomic mass is 16.5. The van der Waals surface area contributed by atoms with E-state index < -0.39 is 6.10 Å². The molecule has 1 unspecified atom stereocenters. The highest BCUT2D eigenvalue weighted by molar-refractivity contribution is 5.80. The molecule has 1 aliphatic rings. The number of nitrogens with zero attached hydrogens (tertiary/aromatic N) is 3. The number of hydrogen-bond acceptors (Lipinski definition) is 5. The summed E-state index contributed by atoms with van der Waals surface area (Å²) in [6, 6.07) is 5.72. The summed E-state index contributed by atoms with van der Waals surface area (Å²) in [6.45, 7) is 5.12. The van der Waals surface area contributed by atoms with Crippen LogP contribution in [0, 0.1) is 0 Å². The zero-order valence-corrected chi connectivity index (χ0v) is 12.0. The lowest BCUT2D eigenvalue weighted by molar-refractivity contribution is -0.141. The van der Waals surface area contributed by atoms with E-state index in [1.807, 2.05) is 18.2 Å². The second-order valence-corrected chi connectivity index (χ2v) is 4.95. The van der Waals surface area contributed by atoms with Gasteiger partial charge in [-0.05, 0) is 13.0 Å². The SMILES string of the molecule is COc1cccc(CN2CCN(C(=O)C(C)O)CC2)n1. The van der Waals surface area contributed by atoms with E-state index in [1.54, 1.807) is 12.0 Å². The van der Waals surface area contributed by atoms with E-state index in [-0.39, 0.29) is 5.91 Å². The van der Waals surface area contributed by atoms with Crippen molar-refractivity contribution < 1.29 is 14.6 Å². The lowest BCUT2D eigenvalue weighted by atomic mass is 10.2. The van der Waals surface area contributed by atoms with E-state index in [0.717, 1.165) is 25.3 Å². The first kappa shape index (κ1) is 14.7.